The predicted molar refractivity (Wildman–Crippen MR) is 66.4 cm³/mol. The minimum atomic E-state index is -0.270. The molecule has 0 aliphatic carbocycles. The molecule has 0 saturated carbocycles. The van der Waals surface area contributed by atoms with Crippen molar-refractivity contribution in [1.29, 1.82) is 0 Å². The highest BCUT2D eigenvalue weighted by Crippen LogP contribution is 2.17. The molecule has 0 radical (unpaired) electrons. The highest BCUT2D eigenvalue weighted by molar-refractivity contribution is 5.78. The molecule has 4 heteroatoms. The summed E-state index contributed by atoms with van der Waals surface area (Å²) in [5.41, 5.74) is 2.09. The smallest absolute Gasteiger partial charge is 0.222 e. The molecular formula is C13H18N2O2. The van der Waals surface area contributed by atoms with Gasteiger partial charge in [-0.2, -0.15) is 0 Å². The number of carbonyl (C=O) groups is 2. The van der Waals surface area contributed by atoms with Gasteiger partial charge in [0, 0.05) is 14.0 Å². The third-order valence-electron chi connectivity index (χ3n) is 2.53. The molecular weight excluding hydrogens is 216 g/mol. The molecule has 0 aliphatic heterocycles. The van der Waals surface area contributed by atoms with Crippen LogP contribution in [0.2, 0.25) is 0 Å². The summed E-state index contributed by atoms with van der Waals surface area (Å²) < 4.78 is 0. The van der Waals surface area contributed by atoms with Gasteiger partial charge in [-0.15, -0.1) is 0 Å². The van der Waals surface area contributed by atoms with Crippen LogP contribution in [0.4, 0.5) is 0 Å². The molecule has 2 N–H and O–H groups in total. The third-order valence-corrected chi connectivity index (χ3v) is 2.53. The SMILES string of the molecule is CNC(=O)CC(NC(C)=O)c1ccc(C)cc1. The van der Waals surface area contributed by atoms with Gasteiger partial charge in [0.1, 0.15) is 0 Å². The van der Waals surface area contributed by atoms with Gasteiger partial charge in [0.2, 0.25) is 11.8 Å². The van der Waals surface area contributed by atoms with Crippen molar-refractivity contribution in [3.05, 3.63) is 35.4 Å². The van der Waals surface area contributed by atoms with Gasteiger partial charge in [0.25, 0.3) is 0 Å². The zero-order valence-corrected chi connectivity index (χ0v) is 10.4. The summed E-state index contributed by atoms with van der Waals surface area (Å²) in [6.45, 7) is 3.45. The molecule has 1 unspecified atom stereocenters. The van der Waals surface area contributed by atoms with Gasteiger partial charge in [0.15, 0.2) is 0 Å². The molecule has 0 saturated heterocycles. The molecule has 4 nitrogen and oxygen atoms in total. The van der Waals surface area contributed by atoms with Gasteiger partial charge in [0.05, 0.1) is 12.5 Å². The Morgan fingerprint density at radius 2 is 1.82 bits per heavy atom. The molecule has 1 aromatic carbocycles. The average Bonchev–Trinajstić information content (AvgIpc) is 2.28. The highest BCUT2D eigenvalue weighted by Gasteiger charge is 2.15. The number of hydrogen-bond acceptors (Lipinski definition) is 2. The van der Waals surface area contributed by atoms with E-state index in [1.54, 1.807) is 7.05 Å². The van der Waals surface area contributed by atoms with Gasteiger partial charge < -0.3 is 10.6 Å². The first-order valence-corrected chi connectivity index (χ1v) is 5.57. The molecule has 0 aliphatic rings. The fourth-order valence-electron chi connectivity index (χ4n) is 1.58. The van der Waals surface area contributed by atoms with E-state index in [1.807, 2.05) is 31.2 Å². The van der Waals surface area contributed by atoms with E-state index in [-0.39, 0.29) is 24.3 Å². The van der Waals surface area contributed by atoms with Crippen LogP contribution in [0.15, 0.2) is 24.3 Å². The van der Waals surface area contributed by atoms with Gasteiger partial charge in [-0.25, -0.2) is 0 Å². The molecule has 92 valence electrons. The van der Waals surface area contributed by atoms with Crippen LogP contribution in [-0.4, -0.2) is 18.9 Å². The number of carbonyl (C=O) groups excluding carboxylic acids is 2. The Labute approximate surface area is 101 Å². The van der Waals surface area contributed by atoms with E-state index in [4.69, 9.17) is 0 Å². The van der Waals surface area contributed by atoms with Crippen molar-refractivity contribution in [1.82, 2.24) is 10.6 Å². The fourth-order valence-corrected chi connectivity index (χ4v) is 1.58. The summed E-state index contributed by atoms with van der Waals surface area (Å²) in [4.78, 5) is 22.5. The van der Waals surface area contributed by atoms with Crippen molar-refractivity contribution in [2.45, 2.75) is 26.3 Å². The second kappa shape index (κ2) is 6.03. The molecule has 1 rings (SSSR count). The van der Waals surface area contributed by atoms with Crippen LogP contribution < -0.4 is 10.6 Å². The zero-order chi connectivity index (χ0) is 12.8. The Bertz CT molecular complexity index is 398. The lowest BCUT2D eigenvalue weighted by molar-refractivity contribution is -0.122. The van der Waals surface area contributed by atoms with Crippen LogP contribution in [0.1, 0.15) is 30.5 Å². The van der Waals surface area contributed by atoms with Crippen molar-refractivity contribution in [3.63, 3.8) is 0 Å². The van der Waals surface area contributed by atoms with E-state index in [0.717, 1.165) is 11.1 Å². The maximum atomic E-state index is 11.4. The van der Waals surface area contributed by atoms with Gasteiger partial charge >= 0.3 is 0 Å². The zero-order valence-electron chi connectivity index (χ0n) is 10.4. The maximum Gasteiger partial charge on any atom is 0.222 e. The van der Waals surface area contributed by atoms with Crippen LogP contribution >= 0.6 is 0 Å². The number of hydrogen-bond donors (Lipinski definition) is 2. The lowest BCUT2D eigenvalue weighted by Gasteiger charge is -2.17. The highest BCUT2D eigenvalue weighted by atomic mass is 16.2. The number of nitrogens with one attached hydrogen (secondary N) is 2. The van der Waals surface area contributed by atoms with Crippen molar-refractivity contribution < 1.29 is 9.59 Å². The van der Waals surface area contributed by atoms with Crippen molar-refractivity contribution >= 4 is 11.8 Å². The summed E-state index contributed by atoms with van der Waals surface area (Å²) >= 11 is 0. The van der Waals surface area contributed by atoms with Crippen LogP contribution in [0, 0.1) is 6.92 Å². The Kier molecular flexibility index (Phi) is 4.69. The molecule has 0 heterocycles. The second-order valence-electron chi connectivity index (χ2n) is 4.04. The molecule has 2 amide bonds. The van der Waals surface area contributed by atoms with Crippen LogP contribution in [0.25, 0.3) is 0 Å². The fraction of sp³-hybridized carbons (Fsp3) is 0.385. The maximum absolute atomic E-state index is 11.4. The predicted octanol–water partition coefficient (Wildman–Crippen LogP) is 1.31. The topological polar surface area (TPSA) is 58.2 Å². The second-order valence-corrected chi connectivity index (χ2v) is 4.04. The van der Waals surface area contributed by atoms with Gasteiger partial charge in [-0.1, -0.05) is 29.8 Å². The standard InChI is InChI=1S/C13H18N2O2/c1-9-4-6-11(7-5-9)12(15-10(2)16)8-13(17)14-3/h4-7,12H,8H2,1-3H3,(H,14,17)(H,15,16). The van der Waals surface area contributed by atoms with Gasteiger partial charge in [-0.3, -0.25) is 9.59 Å². The minimum Gasteiger partial charge on any atom is -0.359 e. The summed E-state index contributed by atoms with van der Waals surface area (Å²) in [7, 11) is 1.59. The molecule has 0 bridgehead atoms. The molecule has 1 aromatic rings. The monoisotopic (exact) mass is 234 g/mol. The summed E-state index contributed by atoms with van der Waals surface area (Å²) in [5.74, 6) is -0.233. The third kappa shape index (κ3) is 4.26. The Morgan fingerprint density at radius 3 is 2.29 bits per heavy atom. The van der Waals surface area contributed by atoms with E-state index in [2.05, 4.69) is 10.6 Å². The molecule has 1 atom stereocenters. The van der Waals surface area contributed by atoms with Crippen molar-refractivity contribution in [2.75, 3.05) is 7.05 Å². The number of aryl methyl sites for hydroxylation is 1. The number of benzene rings is 1. The van der Waals surface area contributed by atoms with Crippen LogP contribution in [-0.2, 0) is 9.59 Å². The Morgan fingerprint density at radius 1 is 1.24 bits per heavy atom. The first-order valence-electron chi connectivity index (χ1n) is 5.57. The molecule has 0 aromatic heterocycles. The van der Waals surface area contributed by atoms with Crippen molar-refractivity contribution in [3.8, 4) is 0 Å². The lowest BCUT2D eigenvalue weighted by atomic mass is 10.0. The first kappa shape index (κ1) is 13.2. The Balaban J connectivity index is 2.85. The molecule has 17 heavy (non-hydrogen) atoms. The van der Waals surface area contributed by atoms with Crippen LogP contribution in [0.5, 0.6) is 0 Å². The Hall–Kier alpha value is -1.84. The lowest BCUT2D eigenvalue weighted by Crippen LogP contribution is -2.31. The van der Waals surface area contributed by atoms with E-state index in [0.29, 0.717) is 0 Å². The summed E-state index contributed by atoms with van der Waals surface area (Å²) in [6.07, 6.45) is 0.249. The van der Waals surface area contributed by atoms with E-state index >= 15 is 0 Å². The normalized spacial score (nSPS) is 11.7. The van der Waals surface area contributed by atoms with E-state index in [1.165, 1.54) is 6.92 Å². The molecule has 0 spiro atoms. The van der Waals surface area contributed by atoms with Crippen LogP contribution in [0.3, 0.4) is 0 Å². The number of amides is 2. The first-order chi connectivity index (χ1) is 8.02. The quantitative estimate of drug-likeness (QED) is 0.825. The minimum absolute atomic E-state index is 0.0932. The van der Waals surface area contributed by atoms with Crippen molar-refractivity contribution in [2.24, 2.45) is 0 Å². The summed E-state index contributed by atoms with van der Waals surface area (Å²) in [6, 6.07) is 7.52. The summed E-state index contributed by atoms with van der Waals surface area (Å²) in [5, 5.41) is 5.34. The largest absolute Gasteiger partial charge is 0.359 e. The van der Waals surface area contributed by atoms with E-state index < -0.39 is 0 Å². The van der Waals surface area contributed by atoms with E-state index in [9.17, 15) is 9.59 Å². The number of rotatable bonds is 4. The average molecular weight is 234 g/mol. The van der Waals surface area contributed by atoms with Gasteiger partial charge in [-0.05, 0) is 12.5 Å². The molecule has 0 fully saturated rings.